The van der Waals surface area contributed by atoms with E-state index in [2.05, 4.69) is 129 Å². The van der Waals surface area contributed by atoms with E-state index in [1.54, 1.807) is 0 Å². The van der Waals surface area contributed by atoms with Crippen LogP contribution in [0.2, 0.25) is 0 Å². The lowest BCUT2D eigenvalue weighted by Crippen LogP contribution is -2.15. The third-order valence-corrected chi connectivity index (χ3v) is 10.5. The van der Waals surface area contributed by atoms with Crippen LogP contribution in [0.15, 0.2) is 152 Å². The second-order valence-electron chi connectivity index (χ2n) is 13.6. The first kappa shape index (κ1) is 27.9. The van der Waals surface area contributed by atoms with Gasteiger partial charge in [-0.05, 0) is 71.8 Å². The van der Waals surface area contributed by atoms with Crippen LogP contribution in [0.3, 0.4) is 0 Å². The summed E-state index contributed by atoms with van der Waals surface area (Å²) in [6, 6.07) is 54.2. The minimum absolute atomic E-state index is 0.210. The molecule has 9 aromatic rings. The highest BCUT2D eigenvalue weighted by molar-refractivity contribution is 6.25. The van der Waals surface area contributed by atoms with Crippen LogP contribution in [-0.4, -0.2) is 15.0 Å². The molecular formula is C46H31N3. The summed E-state index contributed by atoms with van der Waals surface area (Å²) in [5, 5.41) is 7.84. The number of benzene rings is 8. The van der Waals surface area contributed by atoms with Crippen molar-refractivity contribution < 1.29 is 0 Å². The number of hydrogen-bond acceptors (Lipinski definition) is 3. The van der Waals surface area contributed by atoms with Crippen molar-refractivity contribution in [3.05, 3.63) is 163 Å². The van der Waals surface area contributed by atoms with E-state index in [0.717, 1.165) is 16.7 Å². The Morgan fingerprint density at radius 2 is 0.959 bits per heavy atom. The zero-order valence-electron chi connectivity index (χ0n) is 27.3. The summed E-state index contributed by atoms with van der Waals surface area (Å²) in [5.41, 5.74) is 10.3. The number of fused-ring (bicyclic) bond motifs is 3. The van der Waals surface area contributed by atoms with Crippen molar-refractivity contribution in [1.82, 2.24) is 15.0 Å². The zero-order valence-corrected chi connectivity index (χ0v) is 27.3. The quantitative estimate of drug-likeness (QED) is 0.183. The minimum Gasteiger partial charge on any atom is -0.208 e. The van der Waals surface area contributed by atoms with Crippen LogP contribution < -0.4 is 0 Å². The molecule has 1 aromatic heterocycles. The smallest absolute Gasteiger partial charge is 0.164 e. The molecular weight excluding hydrogens is 595 g/mol. The van der Waals surface area contributed by atoms with E-state index in [4.69, 9.17) is 15.0 Å². The van der Waals surface area contributed by atoms with Crippen LogP contribution in [0, 0.1) is 0 Å². The Hall–Kier alpha value is -6.19. The molecule has 230 valence electrons. The van der Waals surface area contributed by atoms with Crippen LogP contribution in [0.4, 0.5) is 0 Å². The maximum Gasteiger partial charge on any atom is 0.164 e. The van der Waals surface area contributed by atoms with Crippen molar-refractivity contribution in [1.29, 1.82) is 0 Å². The van der Waals surface area contributed by atoms with Gasteiger partial charge in [-0.2, -0.15) is 0 Å². The standard InChI is InChI=1S/C46H31N3/c1-46(2)38-18-10-17-37(45-48-43(31-11-5-3-6-12-31)47-44(49-45)32-13-7-4-8-14-32)42(38)36-26-23-33(27-39(36)46)34-24-21-30-20-19-28-15-9-16-29-22-25-35(34)41(30)40(28)29/h3-27H,1-2H3. The second kappa shape index (κ2) is 10.4. The number of rotatable bonds is 4. The Labute approximate surface area is 284 Å². The molecule has 1 heterocycles. The number of hydrogen-bond donors (Lipinski definition) is 0. The van der Waals surface area contributed by atoms with Gasteiger partial charge in [-0.25, -0.2) is 15.0 Å². The molecule has 0 spiro atoms. The van der Waals surface area contributed by atoms with Crippen molar-refractivity contribution in [2.45, 2.75) is 19.3 Å². The Balaban J connectivity index is 1.17. The Kier molecular flexibility index (Phi) is 5.92. The highest BCUT2D eigenvalue weighted by Gasteiger charge is 2.37. The van der Waals surface area contributed by atoms with Gasteiger partial charge in [0.1, 0.15) is 0 Å². The zero-order chi connectivity index (χ0) is 32.7. The predicted molar refractivity (Wildman–Crippen MR) is 203 cm³/mol. The molecule has 0 bridgehead atoms. The van der Waals surface area contributed by atoms with Crippen molar-refractivity contribution >= 4 is 32.3 Å². The molecule has 0 atom stereocenters. The first-order valence-electron chi connectivity index (χ1n) is 16.9. The molecule has 1 aliphatic rings. The average Bonchev–Trinajstić information content (AvgIpc) is 3.40. The van der Waals surface area contributed by atoms with E-state index < -0.39 is 0 Å². The van der Waals surface area contributed by atoms with E-state index >= 15 is 0 Å². The van der Waals surface area contributed by atoms with Crippen LogP contribution in [-0.2, 0) is 5.41 Å². The first-order valence-corrected chi connectivity index (χ1v) is 16.9. The lowest BCUT2D eigenvalue weighted by Gasteiger charge is -2.22. The third kappa shape index (κ3) is 4.19. The first-order chi connectivity index (χ1) is 24.0. The predicted octanol–water partition coefficient (Wildman–Crippen LogP) is 11.7. The molecule has 0 amide bonds. The molecule has 3 nitrogen and oxygen atoms in total. The summed E-state index contributed by atoms with van der Waals surface area (Å²) in [6.07, 6.45) is 0. The fourth-order valence-corrected chi connectivity index (χ4v) is 8.06. The van der Waals surface area contributed by atoms with Gasteiger partial charge in [0.15, 0.2) is 17.5 Å². The van der Waals surface area contributed by atoms with Crippen molar-refractivity contribution in [3.63, 3.8) is 0 Å². The molecule has 0 saturated carbocycles. The van der Waals surface area contributed by atoms with E-state index in [9.17, 15) is 0 Å². The van der Waals surface area contributed by atoms with Gasteiger partial charge in [-0.15, -0.1) is 0 Å². The molecule has 0 radical (unpaired) electrons. The molecule has 0 fully saturated rings. The summed E-state index contributed by atoms with van der Waals surface area (Å²) in [7, 11) is 0. The van der Waals surface area contributed by atoms with E-state index in [0.29, 0.717) is 17.5 Å². The van der Waals surface area contributed by atoms with Gasteiger partial charge in [-0.1, -0.05) is 159 Å². The van der Waals surface area contributed by atoms with Gasteiger partial charge < -0.3 is 0 Å². The van der Waals surface area contributed by atoms with Crippen LogP contribution in [0.5, 0.6) is 0 Å². The maximum absolute atomic E-state index is 5.11. The molecule has 0 unspecified atom stereocenters. The molecule has 10 rings (SSSR count). The summed E-state index contributed by atoms with van der Waals surface area (Å²) in [4.78, 5) is 15.2. The van der Waals surface area contributed by atoms with Crippen LogP contribution >= 0.6 is 0 Å². The van der Waals surface area contributed by atoms with Crippen molar-refractivity contribution in [2.75, 3.05) is 0 Å². The Bertz CT molecular complexity index is 2650. The van der Waals surface area contributed by atoms with Gasteiger partial charge in [-0.3, -0.25) is 0 Å². The lowest BCUT2D eigenvalue weighted by atomic mass is 9.81. The molecule has 0 saturated heterocycles. The monoisotopic (exact) mass is 625 g/mol. The third-order valence-electron chi connectivity index (χ3n) is 10.5. The van der Waals surface area contributed by atoms with E-state index in [-0.39, 0.29) is 5.41 Å². The van der Waals surface area contributed by atoms with Crippen molar-refractivity contribution in [3.8, 4) is 56.4 Å². The van der Waals surface area contributed by atoms with Crippen molar-refractivity contribution in [2.24, 2.45) is 0 Å². The summed E-state index contributed by atoms with van der Waals surface area (Å²) < 4.78 is 0. The molecule has 0 aliphatic heterocycles. The Morgan fingerprint density at radius 3 is 1.65 bits per heavy atom. The maximum atomic E-state index is 5.11. The molecule has 0 N–H and O–H groups in total. The van der Waals surface area contributed by atoms with Crippen LogP contribution in [0.25, 0.3) is 88.7 Å². The average molecular weight is 626 g/mol. The normalized spacial score (nSPS) is 13.3. The molecule has 3 heteroatoms. The topological polar surface area (TPSA) is 38.7 Å². The summed E-state index contributed by atoms with van der Waals surface area (Å²) in [5.74, 6) is 2.02. The van der Waals surface area contributed by atoms with Crippen LogP contribution in [0.1, 0.15) is 25.0 Å². The molecule has 8 aromatic carbocycles. The fraction of sp³-hybridized carbons (Fsp3) is 0.0652. The summed E-state index contributed by atoms with van der Waals surface area (Å²) >= 11 is 0. The number of aromatic nitrogens is 3. The Morgan fingerprint density at radius 1 is 0.388 bits per heavy atom. The lowest BCUT2D eigenvalue weighted by molar-refractivity contribution is 0.660. The largest absolute Gasteiger partial charge is 0.208 e. The van der Waals surface area contributed by atoms with E-state index in [1.165, 1.54) is 65.7 Å². The van der Waals surface area contributed by atoms with Gasteiger partial charge in [0.25, 0.3) is 0 Å². The van der Waals surface area contributed by atoms with Gasteiger partial charge >= 0.3 is 0 Å². The number of nitrogens with zero attached hydrogens (tertiary/aromatic N) is 3. The van der Waals surface area contributed by atoms with E-state index in [1.807, 2.05) is 36.4 Å². The minimum atomic E-state index is -0.210. The highest BCUT2D eigenvalue weighted by atomic mass is 15.0. The second-order valence-corrected chi connectivity index (χ2v) is 13.6. The summed E-state index contributed by atoms with van der Waals surface area (Å²) in [6.45, 7) is 4.68. The van der Waals surface area contributed by atoms with Gasteiger partial charge in [0.05, 0.1) is 0 Å². The highest BCUT2D eigenvalue weighted by Crippen LogP contribution is 2.53. The molecule has 49 heavy (non-hydrogen) atoms. The molecule has 1 aliphatic carbocycles. The van der Waals surface area contributed by atoms with Gasteiger partial charge in [0, 0.05) is 22.1 Å². The SMILES string of the molecule is CC1(C)c2cc(-c3ccc4ccc5cccc6ccc3c4c56)ccc2-c2c(-c3nc(-c4ccccc4)nc(-c4ccccc4)n3)cccc21. The van der Waals surface area contributed by atoms with Gasteiger partial charge in [0.2, 0.25) is 0 Å². The fourth-order valence-electron chi connectivity index (χ4n) is 8.06.